The van der Waals surface area contributed by atoms with Gasteiger partial charge in [0.1, 0.15) is 5.69 Å². The second-order valence-corrected chi connectivity index (χ2v) is 1.92. The van der Waals surface area contributed by atoms with E-state index < -0.39 is 0 Å². The van der Waals surface area contributed by atoms with Crippen LogP contribution in [0, 0.1) is 6.92 Å². The minimum absolute atomic E-state index is 0. The number of aromatic nitrogens is 2. The summed E-state index contributed by atoms with van der Waals surface area (Å²) in [6.45, 7) is 1.79. The lowest BCUT2D eigenvalue weighted by Gasteiger charge is -1.93. The van der Waals surface area contributed by atoms with Crippen molar-refractivity contribution in [3.05, 3.63) is 17.5 Å². The number of esters is 1. The highest BCUT2D eigenvalue weighted by Gasteiger charge is 2.09. The molecule has 1 N–H and O–H groups in total. The second kappa shape index (κ2) is 3.98. The van der Waals surface area contributed by atoms with E-state index in [4.69, 9.17) is 0 Å². The number of hydrogen-bond acceptors (Lipinski definition) is 3. The number of aromatic amines is 1. The zero-order valence-corrected chi connectivity index (χ0v) is 7.07. The molecule has 5 heteroatoms. The number of ether oxygens (including phenoxy) is 1. The van der Waals surface area contributed by atoms with Crippen LogP contribution in [0.3, 0.4) is 0 Å². The Labute approximate surface area is 70.4 Å². The molecule has 0 unspecified atom stereocenters. The van der Waals surface area contributed by atoms with Gasteiger partial charge in [0.15, 0.2) is 0 Å². The van der Waals surface area contributed by atoms with E-state index in [0.717, 1.165) is 5.56 Å². The number of carbonyl (C=O) groups is 1. The summed E-state index contributed by atoms with van der Waals surface area (Å²) in [5.41, 5.74) is 1.22. The lowest BCUT2D eigenvalue weighted by molar-refractivity contribution is 0.0593. The number of carbonyl (C=O) groups excluding carboxylic acids is 1. The Kier molecular flexibility index (Phi) is 3.60. The molecule has 4 nitrogen and oxygen atoms in total. The highest BCUT2D eigenvalue weighted by atomic mass is 35.5. The molecule has 0 atom stereocenters. The van der Waals surface area contributed by atoms with Crippen LogP contribution in [0.15, 0.2) is 6.20 Å². The standard InChI is InChI=1S/C6H8N2O2.ClH/c1-4-3-7-8-5(4)6(9)10-2;/h3H,1-2H3,(H,7,8);1H. The first-order valence-corrected chi connectivity index (χ1v) is 2.84. The van der Waals surface area contributed by atoms with Gasteiger partial charge in [0.2, 0.25) is 0 Å². The maximum Gasteiger partial charge on any atom is 0.356 e. The Morgan fingerprint density at radius 1 is 1.73 bits per heavy atom. The van der Waals surface area contributed by atoms with E-state index in [9.17, 15) is 4.79 Å². The van der Waals surface area contributed by atoms with Crippen LogP contribution in [-0.2, 0) is 4.74 Å². The molecule has 0 aliphatic rings. The van der Waals surface area contributed by atoms with Crippen LogP contribution < -0.4 is 0 Å². The molecular formula is C6H9ClN2O2. The van der Waals surface area contributed by atoms with Gasteiger partial charge >= 0.3 is 5.97 Å². The number of aryl methyl sites for hydroxylation is 1. The first kappa shape index (κ1) is 9.97. The maximum atomic E-state index is 10.8. The smallest absolute Gasteiger partial charge is 0.356 e. The molecule has 0 bridgehead atoms. The van der Waals surface area contributed by atoms with Gasteiger partial charge in [-0.15, -0.1) is 12.4 Å². The number of nitrogens with one attached hydrogen (secondary N) is 1. The van der Waals surface area contributed by atoms with E-state index in [2.05, 4.69) is 14.9 Å². The molecule has 0 aliphatic heterocycles. The molecule has 0 fully saturated rings. The number of hydrogen-bond donors (Lipinski definition) is 1. The lowest BCUT2D eigenvalue weighted by Crippen LogP contribution is -2.03. The minimum Gasteiger partial charge on any atom is -0.464 e. The van der Waals surface area contributed by atoms with Crippen molar-refractivity contribution >= 4 is 18.4 Å². The minimum atomic E-state index is -0.380. The average molecular weight is 177 g/mol. The molecule has 11 heavy (non-hydrogen) atoms. The molecule has 0 saturated heterocycles. The molecule has 0 spiro atoms. The Morgan fingerprint density at radius 2 is 2.36 bits per heavy atom. The first-order valence-electron chi connectivity index (χ1n) is 2.84. The predicted octanol–water partition coefficient (Wildman–Crippen LogP) is 0.927. The lowest BCUT2D eigenvalue weighted by atomic mass is 10.3. The Morgan fingerprint density at radius 3 is 2.73 bits per heavy atom. The van der Waals surface area contributed by atoms with Gasteiger partial charge in [0.25, 0.3) is 0 Å². The van der Waals surface area contributed by atoms with Gasteiger partial charge in [-0.2, -0.15) is 5.10 Å². The summed E-state index contributed by atoms with van der Waals surface area (Å²) in [7, 11) is 1.34. The summed E-state index contributed by atoms with van der Waals surface area (Å²) in [5, 5.41) is 6.20. The molecule has 1 rings (SSSR count). The normalized spacial score (nSPS) is 8.55. The van der Waals surface area contributed by atoms with Crippen LogP contribution >= 0.6 is 12.4 Å². The van der Waals surface area contributed by atoms with Crippen molar-refractivity contribution in [1.29, 1.82) is 0 Å². The van der Waals surface area contributed by atoms with E-state index in [-0.39, 0.29) is 18.4 Å². The molecule has 0 aliphatic carbocycles. The van der Waals surface area contributed by atoms with Crippen molar-refractivity contribution in [1.82, 2.24) is 10.2 Å². The van der Waals surface area contributed by atoms with Crippen LogP contribution in [-0.4, -0.2) is 23.3 Å². The molecule has 1 aromatic heterocycles. The molecular weight excluding hydrogens is 168 g/mol. The molecule has 1 heterocycles. The van der Waals surface area contributed by atoms with Crippen molar-refractivity contribution in [2.75, 3.05) is 7.11 Å². The van der Waals surface area contributed by atoms with Crippen molar-refractivity contribution < 1.29 is 9.53 Å². The number of rotatable bonds is 1. The van der Waals surface area contributed by atoms with Gasteiger partial charge in [-0.05, 0) is 6.92 Å². The quantitative estimate of drug-likeness (QED) is 0.648. The largest absolute Gasteiger partial charge is 0.464 e. The third kappa shape index (κ3) is 1.94. The molecule has 0 saturated carbocycles. The van der Waals surface area contributed by atoms with Crippen molar-refractivity contribution in [2.24, 2.45) is 0 Å². The van der Waals surface area contributed by atoms with Gasteiger partial charge in [0.05, 0.1) is 13.3 Å². The Balaban J connectivity index is 0.000001000. The summed E-state index contributed by atoms with van der Waals surface area (Å²) in [5.74, 6) is -0.380. The fourth-order valence-corrected chi connectivity index (χ4v) is 0.655. The zero-order chi connectivity index (χ0) is 7.56. The average Bonchev–Trinajstić information content (AvgIpc) is 2.34. The number of H-pyrrole nitrogens is 1. The van der Waals surface area contributed by atoms with Gasteiger partial charge in [-0.25, -0.2) is 4.79 Å². The number of nitrogens with zero attached hydrogens (tertiary/aromatic N) is 1. The number of methoxy groups -OCH3 is 1. The van der Waals surface area contributed by atoms with E-state index in [1.807, 2.05) is 0 Å². The van der Waals surface area contributed by atoms with Crippen molar-refractivity contribution in [3.8, 4) is 0 Å². The van der Waals surface area contributed by atoms with Gasteiger partial charge in [-0.3, -0.25) is 5.10 Å². The predicted molar refractivity (Wildman–Crippen MR) is 41.9 cm³/mol. The van der Waals surface area contributed by atoms with Crippen LogP contribution in [0.1, 0.15) is 16.1 Å². The van der Waals surface area contributed by atoms with E-state index in [1.54, 1.807) is 13.1 Å². The van der Waals surface area contributed by atoms with Crippen LogP contribution in [0.5, 0.6) is 0 Å². The van der Waals surface area contributed by atoms with Crippen molar-refractivity contribution in [2.45, 2.75) is 6.92 Å². The summed E-state index contributed by atoms with van der Waals surface area (Å²) < 4.78 is 4.47. The van der Waals surface area contributed by atoms with Crippen LogP contribution in [0.25, 0.3) is 0 Å². The second-order valence-electron chi connectivity index (χ2n) is 1.92. The summed E-state index contributed by atoms with van der Waals surface area (Å²) in [6.07, 6.45) is 1.58. The third-order valence-electron chi connectivity index (χ3n) is 1.22. The van der Waals surface area contributed by atoms with Gasteiger partial charge in [-0.1, -0.05) is 0 Å². The van der Waals surface area contributed by atoms with Gasteiger partial charge < -0.3 is 4.74 Å². The molecule has 62 valence electrons. The van der Waals surface area contributed by atoms with E-state index >= 15 is 0 Å². The molecule has 1 aromatic rings. The molecule has 0 aromatic carbocycles. The van der Waals surface area contributed by atoms with Gasteiger partial charge in [0, 0.05) is 5.56 Å². The summed E-state index contributed by atoms with van der Waals surface area (Å²) in [4.78, 5) is 10.8. The highest BCUT2D eigenvalue weighted by Crippen LogP contribution is 2.02. The van der Waals surface area contributed by atoms with Crippen LogP contribution in [0.4, 0.5) is 0 Å². The Bertz CT molecular complexity index is 246. The molecule has 0 radical (unpaired) electrons. The fraction of sp³-hybridized carbons (Fsp3) is 0.333. The number of halogens is 1. The first-order chi connectivity index (χ1) is 4.75. The van der Waals surface area contributed by atoms with E-state index in [1.165, 1.54) is 7.11 Å². The summed E-state index contributed by atoms with van der Waals surface area (Å²) >= 11 is 0. The summed E-state index contributed by atoms with van der Waals surface area (Å²) in [6, 6.07) is 0. The van der Waals surface area contributed by atoms with E-state index in [0.29, 0.717) is 5.69 Å². The van der Waals surface area contributed by atoms with Crippen LogP contribution in [0.2, 0.25) is 0 Å². The monoisotopic (exact) mass is 176 g/mol. The third-order valence-corrected chi connectivity index (χ3v) is 1.22. The molecule has 0 amide bonds. The SMILES string of the molecule is COC(=O)c1[nH]ncc1C.Cl. The highest BCUT2D eigenvalue weighted by molar-refractivity contribution is 5.88. The topological polar surface area (TPSA) is 55.0 Å². The van der Waals surface area contributed by atoms with Crippen molar-refractivity contribution in [3.63, 3.8) is 0 Å². The fourth-order valence-electron chi connectivity index (χ4n) is 0.655. The Hall–Kier alpha value is -1.03. The zero-order valence-electron chi connectivity index (χ0n) is 6.25. The maximum absolute atomic E-state index is 10.8.